The average Bonchev–Trinajstić information content (AvgIpc) is 2.47. The quantitative estimate of drug-likeness (QED) is 0.768. The Bertz CT molecular complexity index is 383. The van der Waals surface area contributed by atoms with E-state index in [4.69, 9.17) is 4.74 Å². The zero-order valence-corrected chi connectivity index (χ0v) is 13.6. The molecule has 2 aliphatic heterocycles. The number of methoxy groups -OCH3 is 1. The zero-order chi connectivity index (χ0) is 14.6. The molecule has 2 saturated heterocycles. The first-order chi connectivity index (χ1) is 9.56. The van der Waals surface area contributed by atoms with Crippen LogP contribution in [0.4, 0.5) is 0 Å². The maximum atomic E-state index is 12.0. The van der Waals surface area contributed by atoms with Crippen molar-refractivity contribution in [3.63, 3.8) is 0 Å². The van der Waals surface area contributed by atoms with E-state index >= 15 is 0 Å². The van der Waals surface area contributed by atoms with Crippen molar-refractivity contribution >= 4 is 10.0 Å². The molecule has 0 atom stereocenters. The Kier molecular flexibility index (Phi) is 5.84. The van der Waals surface area contributed by atoms with Gasteiger partial charge in [-0.05, 0) is 32.1 Å². The number of piperidine rings is 2. The predicted molar refractivity (Wildman–Crippen MR) is 80.3 cm³/mol. The number of ether oxygens (including phenoxy) is 1. The minimum absolute atomic E-state index is 0.289. The van der Waals surface area contributed by atoms with Gasteiger partial charge < -0.3 is 9.64 Å². The van der Waals surface area contributed by atoms with Gasteiger partial charge in [0.2, 0.25) is 10.0 Å². The third kappa shape index (κ3) is 3.93. The molecular weight excluding hydrogens is 276 g/mol. The zero-order valence-electron chi connectivity index (χ0n) is 12.8. The molecule has 2 aliphatic rings. The molecule has 0 bridgehead atoms. The van der Waals surface area contributed by atoms with E-state index in [0.717, 1.165) is 38.8 Å². The third-order valence-corrected chi connectivity index (χ3v) is 6.68. The summed E-state index contributed by atoms with van der Waals surface area (Å²) < 4.78 is 31.2. The van der Waals surface area contributed by atoms with Crippen molar-refractivity contribution in [3.05, 3.63) is 0 Å². The molecule has 0 aromatic rings. The van der Waals surface area contributed by atoms with E-state index < -0.39 is 10.0 Å². The van der Waals surface area contributed by atoms with Crippen molar-refractivity contribution in [2.75, 3.05) is 39.0 Å². The van der Waals surface area contributed by atoms with E-state index in [0.29, 0.717) is 31.7 Å². The Labute approximate surface area is 123 Å². The van der Waals surface area contributed by atoms with Crippen LogP contribution in [0.15, 0.2) is 0 Å². The van der Waals surface area contributed by atoms with Crippen LogP contribution in [0, 0.1) is 0 Å². The van der Waals surface area contributed by atoms with Gasteiger partial charge in [-0.25, -0.2) is 12.7 Å². The number of hydrogen-bond acceptors (Lipinski definition) is 4. The fraction of sp³-hybridized carbons (Fsp3) is 1.00. The van der Waals surface area contributed by atoms with Gasteiger partial charge in [0.15, 0.2) is 0 Å². The van der Waals surface area contributed by atoms with Crippen LogP contribution in [-0.2, 0) is 14.8 Å². The molecule has 0 N–H and O–H groups in total. The van der Waals surface area contributed by atoms with Crippen LogP contribution in [0.2, 0.25) is 0 Å². The molecule has 0 unspecified atom stereocenters. The molecular formula is C14H28N2O3S. The van der Waals surface area contributed by atoms with Crippen LogP contribution in [0.3, 0.4) is 0 Å². The number of sulfonamides is 1. The Morgan fingerprint density at radius 1 is 1.05 bits per heavy atom. The standard InChI is InChI=1S/C14H28N2O3S/c1-3-12-20(17,18)16-10-4-13(5-11-16)15-8-6-14(19-2)7-9-15/h13-14H,3-12H2,1-2H3. The number of rotatable bonds is 5. The van der Waals surface area contributed by atoms with Crippen LogP contribution < -0.4 is 0 Å². The third-order valence-electron chi connectivity index (χ3n) is 4.61. The lowest BCUT2D eigenvalue weighted by Crippen LogP contribution is -2.50. The van der Waals surface area contributed by atoms with Crippen molar-refractivity contribution in [2.45, 2.75) is 51.2 Å². The summed E-state index contributed by atoms with van der Waals surface area (Å²) in [5.74, 6) is 0.289. The van der Waals surface area contributed by atoms with Crippen molar-refractivity contribution in [3.8, 4) is 0 Å². The summed E-state index contributed by atoms with van der Waals surface area (Å²) in [6.07, 6.45) is 5.26. The van der Waals surface area contributed by atoms with E-state index in [1.54, 1.807) is 11.4 Å². The highest BCUT2D eigenvalue weighted by Crippen LogP contribution is 2.23. The van der Waals surface area contributed by atoms with Crippen LogP contribution in [0.25, 0.3) is 0 Å². The van der Waals surface area contributed by atoms with Crippen molar-refractivity contribution in [2.24, 2.45) is 0 Å². The van der Waals surface area contributed by atoms with Gasteiger partial charge >= 0.3 is 0 Å². The van der Waals surface area contributed by atoms with E-state index in [2.05, 4.69) is 4.90 Å². The second kappa shape index (κ2) is 7.20. The molecule has 20 heavy (non-hydrogen) atoms. The highest BCUT2D eigenvalue weighted by molar-refractivity contribution is 7.89. The van der Waals surface area contributed by atoms with Crippen molar-refractivity contribution < 1.29 is 13.2 Å². The first kappa shape index (κ1) is 16.2. The van der Waals surface area contributed by atoms with Gasteiger partial charge in [0.25, 0.3) is 0 Å². The molecule has 0 aromatic heterocycles. The summed E-state index contributed by atoms with van der Waals surface area (Å²) >= 11 is 0. The summed E-state index contributed by atoms with van der Waals surface area (Å²) in [4.78, 5) is 2.53. The largest absolute Gasteiger partial charge is 0.381 e. The maximum Gasteiger partial charge on any atom is 0.214 e. The van der Waals surface area contributed by atoms with Gasteiger partial charge in [-0.1, -0.05) is 6.92 Å². The predicted octanol–water partition coefficient (Wildman–Crippen LogP) is 1.30. The van der Waals surface area contributed by atoms with Gasteiger partial charge in [0, 0.05) is 39.3 Å². The Balaban J connectivity index is 1.80. The molecule has 2 heterocycles. The van der Waals surface area contributed by atoms with Crippen LogP contribution in [0.1, 0.15) is 39.0 Å². The lowest BCUT2D eigenvalue weighted by molar-refractivity contribution is 0.0190. The Hall–Kier alpha value is -0.170. The Morgan fingerprint density at radius 2 is 1.65 bits per heavy atom. The number of nitrogens with zero attached hydrogens (tertiary/aromatic N) is 2. The molecule has 118 valence electrons. The monoisotopic (exact) mass is 304 g/mol. The molecule has 2 fully saturated rings. The van der Waals surface area contributed by atoms with Crippen molar-refractivity contribution in [1.29, 1.82) is 0 Å². The maximum absolute atomic E-state index is 12.0. The lowest BCUT2D eigenvalue weighted by atomic mass is 10.00. The van der Waals surface area contributed by atoms with Gasteiger partial charge in [-0.3, -0.25) is 0 Å². The summed E-state index contributed by atoms with van der Waals surface area (Å²) in [6.45, 7) is 5.48. The first-order valence-corrected chi connectivity index (χ1v) is 9.42. The highest BCUT2D eigenvalue weighted by atomic mass is 32.2. The summed E-state index contributed by atoms with van der Waals surface area (Å²) in [5, 5.41) is 0. The normalized spacial score (nSPS) is 25.1. The number of hydrogen-bond donors (Lipinski definition) is 0. The van der Waals surface area contributed by atoms with E-state index in [1.807, 2.05) is 6.92 Å². The molecule has 0 saturated carbocycles. The van der Waals surface area contributed by atoms with Crippen LogP contribution >= 0.6 is 0 Å². The molecule has 0 aliphatic carbocycles. The SMILES string of the molecule is CCCS(=O)(=O)N1CCC(N2CCC(OC)CC2)CC1. The molecule has 0 spiro atoms. The second-order valence-corrected chi connectivity index (χ2v) is 8.01. The number of likely N-dealkylation sites (tertiary alicyclic amines) is 1. The summed E-state index contributed by atoms with van der Waals surface area (Å²) in [5.41, 5.74) is 0. The fourth-order valence-electron chi connectivity index (χ4n) is 3.35. The van der Waals surface area contributed by atoms with E-state index in [1.165, 1.54) is 0 Å². The average molecular weight is 304 g/mol. The van der Waals surface area contributed by atoms with Gasteiger partial charge in [-0.15, -0.1) is 0 Å². The topological polar surface area (TPSA) is 49.9 Å². The van der Waals surface area contributed by atoms with Crippen LogP contribution in [0.5, 0.6) is 0 Å². The molecule has 5 nitrogen and oxygen atoms in total. The minimum atomic E-state index is -3.01. The van der Waals surface area contributed by atoms with E-state index in [9.17, 15) is 8.42 Å². The molecule has 6 heteroatoms. The fourth-order valence-corrected chi connectivity index (χ4v) is 4.89. The second-order valence-electron chi connectivity index (χ2n) is 5.92. The van der Waals surface area contributed by atoms with Crippen molar-refractivity contribution in [1.82, 2.24) is 9.21 Å². The smallest absolute Gasteiger partial charge is 0.214 e. The molecule has 0 radical (unpaired) electrons. The lowest BCUT2D eigenvalue weighted by Gasteiger charge is -2.41. The van der Waals surface area contributed by atoms with Gasteiger partial charge in [0.1, 0.15) is 0 Å². The molecule has 0 amide bonds. The minimum Gasteiger partial charge on any atom is -0.381 e. The molecule has 0 aromatic carbocycles. The first-order valence-electron chi connectivity index (χ1n) is 7.81. The van der Waals surface area contributed by atoms with Gasteiger partial charge in [-0.2, -0.15) is 0 Å². The summed E-state index contributed by atoms with van der Waals surface area (Å²) in [6, 6.07) is 0.556. The van der Waals surface area contributed by atoms with E-state index in [-0.39, 0.29) is 5.75 Å². The van der Waals surface area contributed by atoms with Crippen LogP contribution in [-0.4, -0.2) is 68.8 Å². The highest BCUT2D eigenvalue weighted by Gasteiger charge is 2.31. The summed E-state index contributed by atoms with van der Waals surface area (Å²) in [7, 11) is -1.22. The van der Waals surface area contributed by atoms with Gasteiger partial charge in [0.05, 0.1) is 11.9 Å². The molecule has 2 rings (SSSR count). The Morgan fingerprint density at radius 3 is 2.15 bits per heavy atom.